The van der Waals surface area contributed by atoms with E-state index in [-0.39, 0.29) is 11.9 Å². The number of carbonyl (C=O) groups excluding carboxylic acids is 1. The number of nitrogens with one attached hydrogen (secondary N) is 1. The highest BCUT2D eigenvalue weighted by Crippen LogP contribution is 2.30. The Kier molecular flexibility index (Phi) is 7.10. The van der Waals surface area contributed by atoms with E-state index in [0.29, 0.717) is 18.5 Å². The van der Waals surface area contributed by atoms with Gasteiger partial charge in [-0.3, -0.25) is 9.69 Å². The lowest BCUT2D eigenvalue weighted by molar-refractivity contribution is -0.123. The van der Waals surface area contributed by atoms with Gasteiger partial charge in [-0.2, -0.15) is 0 Å². The van der Waals surface area contributed by atoms with Crippen LogP contribution in [-0.2, 0) is 4.79 Å². The van der Waals surface area contributed by atoms with Crippen molar-refractivity contribution in [2.24, 2.45) is 5.92 Å². The van der Waals surface area contributed by atoms with Crippen molar-refractivity contribution < 1.29 is 9.53 Å². The van der Waals surface area contributed by atoms with Gasteiger partial charge in [0.1, 0.15) is 5.75 Å². The summed E-state index contributed by atoms with van der Waals surface area (Å²) in [6, 6.07) is 8.83. The minimum Gasteiger partial charge on any atom is -0.497 e. The van der Waals surface area contributed by atoms with Crippen LogP contribution >= 0.6 is 0 Å². The molecule has 0 saturated carbocycles. The summed E-state index contributed by atoms with van der Waals surface area (Å²) in [7, 11) is 1.69. The molecule has 134 valence electrons. The van der Waals surface area contributed by atoms with Gasteiger partial charge in [-0.25, -0.2) is 0 Å². The molecule has 0 aliphatic carbocycles. The summed E-state index contributed by atoms with van der Waals surface area (Å²) >= 11 is 0. The normalized spacial score (nSPS) is 20.5. The third-order valence-corrected chi connectivity index (χ3v) is 5.10. The van der Waals surface area contributed by atoms with Crippen LogP contribution in [-0.4, -0.2) is 37.0 Å². The van der Waals surface area contributed by atoms with E-state index >= 15 is 0 Å². The first kappa shape index (κ1) is 18.8. The molecule has 24 heavy (non-hydrogen) atoms. The average Bonchev–Trinajstić information content (AvgIpc) is 2.80. The zero-order valence-electron chi connectivity index (χ0n) is 15.5. The Labute approximate surface area is 146 Å². The van der Waals surface area contributed by atoms with Crippen molar-refractivity contribution in [2.75, 3.05) is 20.2 Å². The third kappa shape index (κ3) is 5.23. The van der Waals surface area contributed by atoms with Gasteiger partial charge < -0.3 is 10.1 Å². The summed E-state index contributed by atoms with van der Waals surface area (Å²) < 4.78 is 5.26. The maximum absolute atomic E-state index is 12.4. The van der Waals surface area contributed by atoms with Gasteiger partial charge >= 0.3 is 0 Å². The van der Waals surface area contributed by atoms with Gasteiger partial charge in [0.25, 0.3) is 0 Å². The standard InChI is InChI=1S/C20H32N2O2/c1-15(2)16(3)21-20(23)14-22-13-7-5-6-8-19(22)17-9-11-18(24-4)12-10-17/h9-12,15-16,19H,5-8,13-14H2,1-4H3,(H,21,23). The topological polar surface area (TPSA) is 41.6 Å². The molecule has 0 bridgehead atoms. The molecule has 1 saturated heterocycles. The number of hydrogen-bond donors (Lipinski definition) is 1. The van der Waals surface area contributed by atoms with Crippen LogP contribution in [0.3, 0.4) is 0 Å². The molecule has 4 nitrogen and oxygen atoms in total. The lowest BCUT2D eigenvalue weighted by Crippen LogP contribution is -2.43. The van der Waals surface area contributed by atoms with Gasteiger partial charge in [0.15, 0.2) is 0 Å². The van der Waals surface area contributed by atoms with Gasteiger partial charge in [0.2, 0.25) is 5.91 Å². The molecular weight excluding hydrogens is 300 g/mol. The van der Waals surface area contributed by atoms with Crippen molar-refractivity contribution in [3.8, 4) is 5.75 Å². The molecular formula is C20H32N2O2. The number of carbonyl (C=O) groups is 1. The smallest absolute Gasteiger partial charge is 0.234 e. The Hall–Kier alpha value is -1.55. The minimum absolute atomic E-state index is 0.136. The molecule has 0 spiro atoms. The Morgan fingerprint density at radius 2 is 1.92 bits per heavy atom. The Bertz CT molecular complexity index is 513. The van der Waals surface area contributed by atoms with Crippen molar-refractivity contribution in [3.05, 3.63) is 29.8 Å². The SMILES string of the molecule is COc1ccc(C2CCCCCN2CC(=O)NC(C)C(C)C)cc1. The molecule has 1 N–H and O–H groups in total. The molecule has 1 amide bonds. The molecule has 0 radical (unpaired) electrons. The summed E-state index contributed by atoms with van der Waals surface area (Å²) in [5, 5.41) is 3.14. The van der Waals surface area contributed by atoms with Crippen LogP contribution < -0.4 is 10.1 Å². The van der Waals surface area contributed by atoms with Gasteiger partial charge in [-0.1, -0.05) is 38.8 Å². The van der Waals surface area contributed by atoms with Crippen LogP contribution in [0.5, 0.6) is 5.75 Å². The molecule has 0 aromatic heterocycles. The van der Waals surface area contributed by atoms with Crippen molar-refractivity contribution in [3.63, 3.8) is 0 Å². The monoisotopic (exact) mass is 332 g/mol. The zero-order chi connectivity index (χ0) is 17.5. The van der Waals surface area contributed by atoms with Crippen molar-refractivity contribution in [1.29, 1.82) is 0 Å². The molecule has 1 heterocycles. The summed E-state index contributed by atoms with van der Waals surface area (Å²) in [6.45, 7) is 7.81. The predicted octanol–water partition coefficient (Wildman–Crippen LogP) is 3.77. The quantitative estimate of drug-likeness (QED) is 0.862. The lowest BCUT2D eigenvalue weighted by atomic mass is 10.0. The molecule has 1 aliphatic heterocycles. The van der Waals surface area contributed by atoms with Crippen molar-refractivity contribution in [2.45, 2.75) is 58.5 Å². The Morgan fingerprint density at radius 1 is 1.21 bits per heavy atom. The van der Waals surface area contributed by atoms with E-state index in [1.807, 2.05) is 12.1 Å². The highest BCUT2D eigenvalue weighted by Gasteiger charge is 2.25. The highest BCUT2D eigenvalue weighted by atomic mass is 16.5. The van der Waals surface area contributed by atoms with Gasteiger partial charge in [0, 0.05) is 12.1 Å². The summed E-state index contributed by atoms with van der Waals surface area (Å²) in [5.74, 6) is 1.47. The van der Waals surface area contributed by atoms with E-state index in [2.05, 4.69) is 43.1 Å². The van der Waals surface area contributed by atoms with Gasteiger partial charge in [-0.05, 0) is 49.9 Å². The first-order valence-electron chi connectivity index (χ1n) is 9.18. The van der Waals surface area contributed by atoms with E-state index in [0.717, 1.165) is 18.7 Å². The molecule has 2 atom stereocenters. The van der Waals surface area contributed by atoms with Crippen LogP contribution in [0.25, 0.3) is 0 Å². The molecule has 4 heteroatoms. The fourth-order valence-corrected chi connectivity index (χ4v) is 3.21. The Morgan fingerprint density at radius 3 is 2.54 bits per heavy atom. The van der Waals surface area contributed by atoms with Crippen LogP contribution in [0.15, 0.2) is 24.3 Å². The predicted molar refractivity (Wildman–Crippen MR) is 98.2 cm³/mol. The van der Waals surface area contributed by atoms with Crippen LogP contribution in [0.2, 0.25) is 0 Å². The number of hydrogen-bond acceptors (Lipinski definition) is 3. The largest absolute Gasteiger partial charge is 0.497 e. The van der Waals surface area contributed by atoms with Crippen LogP contribution in [0.1, 0.15) is 58.1 Å². The van der Waals surface area contributed by atoms with E-state index < -0.39 is 0 Å². The first-order chi connectivity index (χ1) is 11.5. The van der Waals surface area contributed by atoms with Crippen LogP contribution in [0.4, 0.5) is 0 Å². The first-order valence-corrected chi connectivity index (χ1v) is 9.18. The van der Waals surface area contributed by atoms with Gasteiger partial charge in [-0.15, -0.1) is 0 Å². The van der Waals surface area contributed by atoms with Crippen LogP contribution in [0, 0.1) is 5.92 Å². The molecule has 2 rings (SSSR count). The number of likely N-dealkylation sites (tertiary alicyclic amines) is 1. The van der Waals surface area contributed by atoms with E-state index in [1.54, 1.807) is 7.11 Å². The summed E-state index contributed by atoms with van der Waals surface area (Å²) in [5.41, 5.74) is 1.28. The van der Waals surface area contributed by atoms with E-state index in [4.69, 9.17) is 4.74 Å². The van der Waals surface area contributed by atoms with Crippen molar-refractivity contribution in [1.82, 2.24) is 10.2 Å². The van der Waals surface area contributed by atoms with E-state index in [1.165, 1.54) is 24.8 Å². The number of nitrogens with zero attached hydrogens (tertiary/aromatic N) is 1. The van der Waals surface area contributed by atoms with Crippen molar-refractivity contribution >= 4 is 5.91 Å². The lowest BCUT2D eigenvalue weighted by Gasteiger charge is -2.30. The fraction of sp³-hybridized carbons (Fsp3) is 0.650. The van der Waals surface area contributed by atoms with Gasteiger partial charge in [0.05, 0.1) is 13.7 Å². The Balaban J connectivity index is 2.07. The molecule has 2 unspecified atom stereocenters. The molecule has 1 fully saturated rings. The second kappa shape index (κ2) is 9.07. The minimum atomic E-state index is 0.136. The number of methoxy groups -OCH3 is 1. The highest BCUT2D eigenvalue weighted by molar-refractivity contribution is 5.78. The molecule has 1 aliphatic rings. The molecule has 1 aromatic rings. The maximum Gasteiger partial charge on any atom is 0.234 e. The number of benzene rings is 1. The zero-order valence-corrected chi connectivity index (χ0v) is 15.5. The second-order valence-corrected chi connectivity index (χ2v) is 7.21. The maximum atomic E-state index is 12.4. The average molecular weight is 332 g/mol. The molecule has 1 aromatic carbocycles. The van der Waals surface area contributed by atoms with E-state index in [9.17, 15) is 4.79 Å². The fourth-order valence-electron chi connectivity index (χ4n) is 3.21. The number of ether oxygens (including phenoxy) is 1. The summed E-state index contributed by atoms with van der Waals surface area (Å²) in [4.78, 5) is 14.8. The number of amides is 1. The third-order valence-electron chi connectivity index (χ3n) is 5.10. The number of rotatable bonds is 6. The summed E-state index contributed by atoms with van der Waals surface area (Å²) in [6.07, 6.45) is 4.74. The second-order valence-electron chi connectivity index (χ2n) is 7.21.